The highest BCUT2D eigenvalue weighted by Crippen LogP contribution is 2.03. The Bertz CT molecular complexity index is 374. The summed E-state index contributed by atoms with van der Waals surface area (Å²) in [5.74, 6) is 0.531. The molecule has 1 aliphatic heterocycles. The van der Waals surface area contributed by atoms with Crippen molar-refractivity contribution in [2.75, 3.05) is 18.4 Å². The standard InChI is InChI=1S/C10H12N4O/c15-10(14-9-11-6-7-12-9)13-8-4-2-1-3-5-8/h1-5H,6-7H2,(H3,11,12,13,14,15). The average Bonchev–Trinajstić information content (AvgIpc) is 2.71. The Kier molecular flexibility index (Phi) is 2.82. The van der Waals surface area contributed by atoms with Gasteiger partial charge in [0.05, 0.1) is 6.54 Å². The highest BCUT2D eigenvalue weighted by atomic mass is 16.2. The van der Waals surface area contributed by atoms with Crippen molar-refractivity contribution in [2.24, 2.45) is 4.99 Å². The molecule has 2 amide bonds. The van der Waals surface area contributed by atoms with Gasteiger partial charge >= 0.3 is 6.03 Å². The summed E-state index contributed by atoms with van der Waals surface area (Å²) in [6.45, 7) is 1.49. The average molecular weight is 204 g/mol. The van der Waals surface area contributed by atoms with Gasteiger partial charge in [0.15, 0.2) is 5.96 Å². The molecule has 78 valence electrons. The lowest BCUT2D eigenvalue weighted by Gasteiger charge is -2.06. The van der Waals surface area contributed by atoms with E-state index in [0.717, 1.165) is 12.2 Å². The molecule has 5 nitrogen and oxygen atoms in total. The van der Waals surface area contributed by atoms with Crippen molar-refractivity contribution < 1.29 is 4.79 Å². The second kappa shape index (κ2) is 4.45. The van der Waals surface area contributed by atoms with Gasteiger partial charge in [0.2, 0.25) is 0 Å². The SMILES string of the molecule is O=C(NC1=NCCN1)Nc1ccccc1. The Balaban J connectivity index is 1.87. The third-order valence-electron chi connectivity index (χ3n) is 1.94. The fraction of sp³-hybridized carbons (Fsp3) is 0.200. The number of carbonyl (C=O) groups excluding carboxylic acids is 1. The molecule has 15 heavy (non-hydrogen) atoms. The molecule has 1 aromatic carbocycles. The zero-order valence-electron chi connectivity index (χ0n) is 8.16. The van der Waals surface area contributed by atoms with Crippen LogP contribution in [0.5, 0.6) is 0 Å². The van der Waals surface area contributed by atoms with Gasteiger partial charge in [-0.1, -0.05) is 18.2 Å². The van der Waals surface area contributed by atoms with E-state index < -0.39 is 0 Å². The van der Waals surface area contributed by atoms with E-state index in [2.05, 4.69) is 20.9 Å². The van der Waals surface area contributed by atoms with Crippen LogP contribution in [0.2, 0.25) is 0 Å². The van der Waals surface area contributed by atoms with E-state index in [0.29, 0.717) is 12.5 Å². The normalized spacial score (nSPS) is 14.0. The van der Waals surface area contributed by atoms with Crippen molar-refractivity contribution in [1.82, 2.24) is 10.6 Å². The van der Waals surface area contributed by atoms with Gasteiger partial charge in [-0.05, 0) is 12.1 Å². The van der Waals surface area contributed by atoms with Crippen LogP contribution < -0.4 is 16.0 Å². The van der Waals surface area contributed by atoms with Crippen molar-refractivity contribution in [2.45, 2.75) is 0 Å². The summed E-state index contributed by atoms with van der Waals surface area (Å²) < 4.78 is 0. The first-order valence-electron chi connectivity index (χ1n) is 4.76. The molecule has 0 aromatic heterocycles. The van der Waals surface area contributed by atoms with Crippen LogP contribution in [0.15, 0.2) is 35.3 Å². The van der Waals surface area contributed by atoms with E-state index in [4.69, 9.17) is 0 Å². The maximum atomic E-state index is 11.4. The molecule has 0 spiro atoms. The molecule has 5 heteroatoms. The lowest BCUT2D eigenvalue weighted by molar-refractivity contribution is 0.256. The molecule has 0 atom stereocenters. The quantitative estimate of drug-likeness (QED) is 0.632. The monoisotopic (exact) mass is 204 g/mol. The van der Waals surface area contributed by atoms with Crippen LogP contribution in [-0.2, 0) is 0 Å². The first-order valence-corrected chi connectivity index (χ1v) is 4.76. The molecule has 0 unspecified atom stereocenters. The Morgan fingerprint density at radius 1 is 1.27 bits per heavy atom. The van der Waals surface area contributed by atoms with Crippen LogP contribution in [0.4, 0.5) is 10.5 Å². The third-order valence-corrected chi connectivity index (χ3v) is 1.94. The van der Waals surface area contributed by atoms with Gasteiger partial charge in [-0.3, -0.25) is 10.3 Å². The molecular weight excluding hydrogens is 192 g/mol. The largest absolute Gasteiger partial charge is 0.354 e. The lowest BCUT2D eigenvalue weighted by Crippen LogP contribution is -2.40. The number of hydrogen-bond donors (Lipinski definition) is 3. The molecule has 1 heterocycles. The van der Waals surface area contributed by atoms with Crippen molar-refractivity contribution >= 4 is 17.7 Å². The maximum Gasteiger partial charge on any atom is 0.325 e. The molecule has 0 saturated heterocycles. The second-order valence-electron chi connectivity index (χ2n) is 3.10. The van der Waals surface area contributed by atoms with Gasteiger partial charge in [-0.2, -0.15) is 0 Å². The van der Waals surface area contributed by atoms with E-state index in [1.165, 1.54) is 0 Å². The number of carbonyl (C=O) groups is 1. The Labute approximate surface area is 87.6 Å². The summed E-state index contributed by atoms with van der Waals surface area (Å²) in [6, 6.07) is 8.98. The molecule has 0 saturated carbocycles. The number of anilines is 1. The zero-order valence-corrected chi connectivity index (χ0v) is 8.16. The van der Waals surface area contributed by atoms with E-state index in [-0.39, 0.29) is 6.03 Å². The van der Waals surface area contributed by atoms with Gasteiger partial charge < -0.3 is 10.6 Å². The summed E-state index contributed by atoms with van der Waals surface area (Å²) >= 11 is 0. The van der Waals surface area contributed by atoms with E-state index in [1.807, 2.05) is 30.3 Å². The van der Waals surface area contributed by atoms with Crippen LogP contribution in [-0.4, -0.2) is 25.1 Å². The van der Waals surface area contributed by atoms with Crippen molar-refractivity contribution in [3.63, 3.8) is 0 Å². The van der Waals surface area contributed by atoms with E-state index >= 15 is 0 Å². The van der Waals surface area contributed by atoms with Gasteiger partial charge in [-0.15, -0.1) is 0 Å². The molecule has 0 fully saturated rings. The van der Waals surface area contributed by atoms with Gasteiger partial charge in [-0.25, -0.2) is 4.79 Å². The molecule has 0 bridgehead atoms. The molecule has 1 aromatic rings. The van der Waals surface area contributed by atoms with E-state index in [9.17, 15) is 4.79 Å². The van der Waals surface area contributed by atoms with Crippen molar-refractivity contribution in [3.05, 3.63) is 30.3 Å². The Morgan fingerprint density at radius 2 is 2.07 bits per heavy atom. The highest BCUT2D eigenvalue weighted by Gasteiger charge is 2.08. The number of urea groups is 1. The number of benzene rings is 1. The molecule has 2 rings (SSSR count). The Hall–Kier alpha value is -2.04. The molecular formula is C10H12N4O. The number of amides is 2. The number of para-hydroxylation sites is 1. The number of nitrogens with zero attached hydrogens (tertiary/aromatic N) is 1. The first kappa shape index (κ1) is 9.51. The fourth-order valence-corrected chi connectivity index (χ4v) is 1.27. The maximum absolute atomic E-state index is 11.4. The van der Waals surface area contributed by atoms with Crippen LogP contribution in [0, 0.1) is 0 Å². The number of rotatable bonds is 1. The number of aliphatic imine (C=N–C) groups is 1. The van der Waals surface area contributed by atoms with Crippen LogP contribution >= 0.6 is 0 Å². The minimum atomic E-state index is -0.283. The van der Waals surface area contributed by atoms with Gasteiger partial charge in [0, 0.05) is 12.2 Å². The summed E-state index contributed by atoms with van der Waals surface area (Å²) in [6.07, 6.45) is 0. The molecule has 3 N–H and O–H groups in total. The summed E-state index contributed by atoms with van der Waals surface area (Å²) in [4.78, 5) is 15.5. The number of guanidine groups is 1. The van der Waals surface area contributed by atoms with Crippen molar-refractivity contribution in [3.8, 4) is 0 Å². The summed E-state index contributed by atoms with van der Waals surface area (Å²) in [5.41, 5.74) is 0.758. The predicted octanol–water partition coefficient (Wildman–Crippen LogP) is 0.767. The lowest BCUT2D eigenvalue weighted by atomic mass is 10.3. The zero-order chi connectivity index (χ0) is 10.5. The minimum Gasteiger partial charge on any atom is -0.354 e. The fourth-order valence-electron chi connectivity index (χ4n) is 1.27. The van der Waals surface area contributed by atoms with Crippen LogP contribution in [0.1, 0.15) is 0 Å². The summed E-state index contributed by atoms with van der Waals surface area (Å²) in [7, 11) is 0. The molecule has 1 aliphatic rings. The highest BCUT2D eigenvalue weighted by molar-refractivity contribution is 6.02. The molecule has 0 aliphatic carbocycles. The van der Waals surface area contributed by atoms with Crippen LogP contribution in [0.25, 0.3) is 0 Å². The minimum absolute atomic E-state index is 0.283. The Morgan fingerprint density at radius 3 is 2.73 bits per heavy atom. The van der Waals surface area contributed by atoms with Crippen LogP contribution in [0.3, 0.4) is 0 Å². The predicted molar refractivity (Wildman–Crippen MR) is 58.9 cm³/mol. The number of nitrogens with one attached hydrogen (secondary N) is 3. The first-order chi connectivity index (χ1) is 7.34. The van der Waals surface area contributed by atoms with E-state index in [1.54, 1.807) is 0 Å². The van der Waals surface area contributed by atoms with Gasteiger partial charge in [0.1, 0.15) is 0 Å². The molecule has 0 radical (unpaired) electrons. The second-order valence-corrected chi connectivity index (χ2v) is 3.10. The summed E-state index contributed by atoms with van der Waals surface area (Å²) in [5, 5.41) is 8.27. The van der Waals surface area contributed by atoms with Crippen molar-refractivity contribution in [1.29, 1.82) is 0 Å². The number of hydrogen-bond acceptors (Lipinski definition) is 3. The topological polar surface area (TPSA) is 65.5 Å². The third kappa shape index (κ3) is 2.70. The smallest absolute Gasteiger partial charge is 0.325 e. The van der Waals surface area contributed by atoms with Gasteiger partial charge in [0.25, 0.3) is 0 Å².